The Balaban J connectivity index is 1.38. The molecule has 0 saturated heterocycles. The van der Waals surface area contributed by atoms with Gasteiger partial charge < -0.3 is 20.3 Å². The molecular formula is C27H30FN5O. The van der Waals surface area contributed by atoms with Crippen molar-refractivity contribution in [1.82, 2.24) is 15.3 Å². The summed E-state index contributed by atoms with van der Waals surface area (Å²) in [6.07, 6.45) is 4.55. The molecule has 3 aliphatic rings. The van der Waals surface area contributed by atoms with Crippen LogP contribution in [-0.2, 0) is 13.0 Å². The minimum absolute atomic E-state index is 0.318. The van der Waals surface area contributed by atoms with Crippen LogP contribution in [0.4, 0.5) is 21.7 Å². The molecule has 3 aromatic rings. The van der Waals surface area contributed by atoms with Gasteiger partial charge in [-0.25, -0.2) is 14.4 Å². The number of fused-ring (bicyclic) bond motifs is 2. The van der Waals surface area contributed by atoms with Gasteiger partial charge in [0.15, 0.2) is 5.82 Å². The van der Waals surface area contributed by atoms with Crippen LogP contribution in [0.1, 0.15) is 49.3 Å². The fraction of sp³-hybridized carbons (Fsp3) is 0.407. The van der Waals surface area contributed by atoms with Crippen molar-refractivity contribution in [3.8, 4) is 17.0 Å². The van der Waals surface area contributed by atoms with Gasteiger partial charge in [-0.15, -0.1) is 0 Å². The van der Waals surface area contributed by atoms with E-state index in [0.717, 1.165) is 61.6 Å². The van der Waals surface area contributed by atoms with E-state index < -0.39 is 5.82 Å². The van der Waals surface area contributed by atoms with Gasteiger partial charge in [-0.1, -0.05) is 6.07 Å². The largest absolute Gasteiger partial charge is 0.489 e. The number of nitrogens with one attached hydrogen (secondary N) is 2. The molecule has 2 aliphatic heterocycles. The van der Waals surface area contributed by atoms with E-state index in [1.807, 2.05) is 12.1 Å². The zero-order valence-corrected chi connectivity index (χ0v) is 19.7. The number of rotatable bonds is 5. The van der Waals surface area contributed by atoms with Gasteiger partial charge in [0.05, 0.1) is 18.4 Å². The highest BCUT2D eigenvalue weighted by atomic mass is 19.1. The molecule has 1 fully saturated rings. The normalized spacial score (nSPS) is 17.2. The Kier molecular flexibility index (Phi) is 5.37. The van der Waals surface area contributed by atoms with Crippen LogP contribution in [0, 0.1) is 5.82 Å². The predicted octanol–water partition coefficient (Wildman–Crippen LogP) is 5.16. The summed E-state index contributed by atoms with van der Waals surface area (Å²) in [5.41, 5.74) is 6.86. The molecule has 1 aliphatic carbocycles. The number of hydrogen-bond acceptors (Lipinski definition) is 6. The number of nitrogens with zero attached hydrogens (tertiary/aromatic N) is 3. The van der Waals surface area contributed by atoms with E-state index in [2.05, 4.69) is 57.5 Å². The van der Waals surface area contributed by atoms with Crippen molar-refractivity contribution in [1.29, 1.82) is 0 Å². The molecule has 34 heavy (non-hydrogen) atoms. The molecule has 0 unspecified atom stereocenters. The second-order valence-electron chi connectivity index (χ2n) is 9.75. The monoisotopic (exact) mass is 459 g/mol. The van der Waals surface area contributed by atoms with E-state index in [4.69, 9.17) is 4.74 Å². The molecular weight excluding hydrogens is 429 g/mol. The Morgan fingerprint density at radius 1 is 1.18 bits per heavy atom. The summed E-state index contributed by atoms with van der Waals surface area (Å²) < 4.78 is 21.2. The van der Waals surface area contributed by atoms with Gasteiger partial charge in [-0.3, -0.25) is 0 Å². The Morgan fingerprint density at radius 2 is 2.06 bits per heavy atom. The van der Waals surface area contributed by atoms with E-state index in [1.165, 1.54) is 22.9 Å². The van der Waals surface area contributed by atoms with Crippen LogP contribution in [0.15, 0.2) is 36.5 Å². The first-order valence-corrected chi connectivity index (χ1v) is 12.3. The van der Waals surface area contributed by atoms with E-state index in [-0.39, 0.29) is 0 Å². The summed E-state index contributed by atoms with van der Waals surface area (Å²) in [4.78, 5) is 11.2. The lowest BCUT2D eigenvalue weighted by molar-refractivity contribution is 0.300. The van der Waals surface area contributed by atoms with Gasteiger partial charge in [-0.2, -0.15) is 0 Å². The highest BCUT2D eigenvalue weighted by molar-refractivity contribution is 5.76. The summed E-state index contributed by atoms with van der Waals surface area (Å²) >= 11 is 0. The van der Waals surface area contributed by atoms with Gasteiger partial charge in [0.2, 0.25) is 5.95 Å². The zero-order valence-electron chi connectivity index (χ0n) is 19.7. The van der Waals surface area contributed by atoms with Crippen molar-refractivity contribution < 1.29 is 9.13 Å². The van der Waals surface area contributed by atoms with Gasteiger partial charge in [-0.05, 0) is 81.0 Å². The molecule has 0 bridgehead atoms. The average Bonchev–Trinajstić information content (AvgIpc) is 3.69. The molecule has 0 spiro atoms. The highest BCUT2D eigenvalue weighted by Gasteiger charge is 2.33. The van der Waals surface area contributed by atoms with E-state index in [9.17, 15) is 0 Å². The summed E-state index contributed by atoms with van der Waals surface area (Å²) in [6, 6.07) is 10.7. The minimum atomic E-state index is -0.420. The topological polar surface area (TPSA) is 62.3 Å². The van der Waals surface area contributed by atoms with Crippen LogP contribution >= 0.6 is 0 Å². The lowest BCUT2D eigenvalue weighted by Gasteiger charge is -2.36. The quantitative estimate of drug-likeness (QED) is 0.550. The second-order valence-corrected chi connectivity index (χ2v) is 9.75. The first kappa shape index (κ1) is 21.4. The van der Waals surface area contributed by atoms with Crippen molar-refractivity contribution in [3.05, 3.63) is 59.0 Å². The Morgan fingerprint density at radius 3 is 2.88 bits per heavy atom. The molecule has 6 nitrogen and oxygen atoms in total. The molecule has 0 radical (unpaired) electrons. The van der Waals surface area contributed by atoms with Crippen LogP contribution in [0.3, 0.4) is 0 Å². The maximum absolute atomic E-state index is 15.1. The van der Waals surface area contributed by atoms with Crippen molar-refractivity contribution in [2.24, 2.45) is 0 Å². The highest BCUT2D eigenvalue weighted by Crippen LogP contribution is 2.50. The summed E-state index contributed by atoms with van der Waals surface area (Å²) in [7, 11) is 0. The third-order valence-corrected chi connectivity index (χ3v) is 6.99. The smallest absolute Gasteiger partial charge is 0.227 e. The fourth-order valence-electron chi connectivity index (χ4n) is 5.06. The maximum Gasteiger partial charge on any atom is 0.227 e. The van der Waals surface area contributed by atoms with E-state index in [0.29, 0.717) is 30.2 Å². The van der Waals surface area contributed by atoms with Crippen LogP contribution in [0.2, 0.25) is 0 Å². The van der Waals surface area contributed by atoms with Crippen molar-refractivity contribution in [3.63, 3.8) is 0 Å². The first-order valence-electron chi connectivity index (χ1n) is 12.3. The Labute approximate surface area is 199 Å². The minimum Gasteiger partial charge on any atom is -0.489 e. The first-order chi connectivity index (χ1) is 16.6. The molecule has 0 atom stereocenters. The Hall–Kier alpha value is -3.19. The number of ether oxygens (including phenoxy) is 1. The van der Waals surface area contributed by atoms with Crippen molar-refractivity contribution in [2.75, 3.05) is 29.9 Å². The van der Waals surface area contributed by atoms with Gasteiger partial charge in [0.25, 0.3) is 0 Å². The average molecular weight is 460 g/mol. The van der Waals surface area contributed by atoms with Crippen molar-refractivity contribution >= 4 is 17.3 Å². The Bertz CT molecular complexity index is 1240. The maximum atomic E-state index is 15.1. The molecule has 1 aromatic heterocycles. The summed E-state index contributed by atoms with van der Waals surface area (Å²) in [5.74, 6) is 1.42. The lowest BCUT2D eigenvalue weighted by atomic mass is 9.99. The molecule has 176 valence electrons. The number of anilines is 3. The van der Waals surface area contributed by atoms with Crippen LogP contribution in [0.25, 0.3) is 11.3 Å². The van der Waals surface area contributed by atoms with Crippen molar-refractivity contribution in [2.45, 2.75) is 51.6 Å². The van der Waals surface area contributed by atoms with Gasteiger partial charge in [0.1, 0.15) is 18.1 Å². The number of aromatic nitrogens is 2. The van der Waals surface area contributed by atoms with E-state index in [1.54, 1.807) is 0 Å². The predicted molar refractivity (Wildman–Crippen MR) is 133 cm³/mol. The fourth-order valence-corrected chi connectivity index (χ4v) is 5.06. The van der Waals surface area contributed by atoms with Crippen LogP contribution < -0.4 is 20.3 Å². The third-order valence-electron chi connectivity index (χ3n) is 6.99. The summed E-state index contributed by atoms with van der Waals surface area (Å²) in [5, 5.41) is 6.68. The zero-order chi connectivity index (χ0) is 23.2. The lowest BCUT2D eigenvalue weighted by Crippen LogP contribution is -2.38. The molecule has 1 saturated carbocycles. The number of hydrogen-bond donors (Lipinski definition) is 2. The van der Waals surface area contributed by atoms with Gasteiger partial charge >= 0.3 is 0 Å². The van der Waals surface area contributed by atoms with Crippen LogP contribution in [-0.4, -0.2) is 35.7 Å². The number of benzene rings is 2. The summed E-state index contributed by atoms with van der Waals surface area (Å²) in [6.45, 7) is 7.74. The standard InChI is InChI=1S/C27H30FN5O/c1-16(2)33-9-10-34-26-22(17-3-4-17)12-20(13-24(26)33)25-23(28)15-30-27(32-25)31-21-6-5-19-14-29-8-7-18(19)11-21/h5-6,11-13,15-17,29H,3-4,7-10,14H2,1-2H3,(H,30,31,32). The molecule has 3 heterocycles. The molecule has 6 rings (SSSR count). The molecule has 2 N–H and O–H groups in total. The van der Waals surface area contributed by atoms with Crippen LogP contribution in [0.5, 0.6) is 5.75 Å². The third kappa shape index (κ3) is 3.98. The van der Waals surface area contributed by atoms with Gasteiger partial charge in [0, 0.05) is 29.4 Å². The second kappa shape index (κ2) is 8.55. The molecule has 7 heteroatoms. The molecule has 2 aromatic carbocycles. The SMILES string of the molecule is CC(C)N1CCOc2c(C3CC3)cc(-c3nc(Nc4ccc5c(c4)CCNC5)ncc3F)cc21. The molecule has 0 amide bonds. The number of halogens is 1. The van der Waals surface area contributed by atoms with E-state index >= 15 is 4.39 Å².